The number of nitrogens with zero attached hydrogens (tertiary/aromatic N) is 4. The van der Waals surface area contributed by atoms with Crippen molar-refractivity contribution in [3.63, 3.8) is 0 Å². The molecular formula is C8H10N4S. The second-order valence-corrected chi connectivity index (χ2v) is 4.44. The zero-order chi connectivity index (χ0) is 9.31. The number of aliphatic imine (C=N–C) groups is 1. The summed E-state index contributed by atoms with van der Waals surface area (Å²) in [6.45, 7) is 4.21. The Bertz CT molecular complexity index is 333. The Morgan fingerprint density at radius 3 is 2.54 bits per heavy atom. The highest BCUT2D eigenvalue weighted by molar-refractivity contribution is 8.14. The summed E-state index contributed by atoms with van der Waals surface area (Å²) in [7, 11) is 0. The van der Waals surface area contributed by atoms with Gasteiger partial charge in [0, 0.05) is 5.75 Å². The average molecular weight is 194 g/mol. The summed E-state index contributed by atoms with van der Waals surface area (Å²) in [6, 6.07) is 0. The Kier molecular flexibility index (Phi) is 2.03. The van der Waals surface area contributed by atoms with Gasteiger partial charge in [-0.25, -0.2) is 15.0 Å². The van der Waals surface area contributed by atoms with Crippen LogP contribution in [0.15, 0.2) is 17.6 Å². The molecule has 1 aliphatic rings. The number of aromatic nitrogens is 3. The van der Waals surface area contributed by atoms with E-state index in [0.717, 1.165) is 10.8 Å². The summed E-state index contributed by atoms with van der Waals surface area (Å²) in [6.07, 6.45) is 2.99. The highest BCUT2D eigenvalue weighted by atomic mass is 32.2. The lowest BCUT2D eigenvalue weighted by Gasteiger charge is -2.09. The van der Waals surface area contributed by atoms with Crippen LogP contribution >= 0.6 is 11.8 Å². The minimum atomic E-state index is 0.0205. The standard InChI is InChI=1S/C8H10N4S/c1-8(2)3-13-7(12-8)6-10-4-9-5-11-6/h4-5H,3H2,1-2H3. The first-order chi connectivity index (χ1) is 6.17. The normalized spacial score (nSPS) is 20.0. The molecule has 5 heteroatoms. The number of thioether (sulfide) groups is 1. The molecule has 0 bridgehead atoms. The van der Waals surface area contributed by atoms with Crippen molar-refractivity contribution >= 4 is 16.8 Å². The quantitative estimate of drug-likeness (QED) is 0.672. The molecule has 0 amide bonds. The summed E-state index contributed by atoms with van der Waals surface area (Å²) >= 11 is 1.70. The third-order valence-electron chi connectivity index (χ3n) is 1.65. The molecule has 0 atom stereocenters. The summed E-state index contributed by atoms with van der Waals surface area (Å²) in [5.74, 6) is 1.68. The number of hydrogen-bond acceptors (Lipinski definition) is 5. The van der Waals surface area contributed by atoms with Crippen LogP contribution in [0.1, 0.15) is 19.7 Å². The fraction of sp³-hybridized carbons (Fsp3) is 0.500. The first kappa shape index (κ1) is 8.62. The predicted molar refractivity (Wildman–Crippen MR) is 52.9 cm³/mol. The lowest BCUT2D eigenvalue weighted by Crippen LogP contribution is -2.15. The summed E-state index contributed by atoms with van der Waals surface area (Å²) in [5, 5.41) is 0.924. The number of hydrogen-bond donors (Lipinski definition) is 0. The molecule has 1 aromatic rings. The average Bonchev–Trinajstić information content (AvgIpc) is 2.48. The number of rotatable bonds is 1. The molecule has 1 aliphatic heterocycles. The summed E-state index contributed by atoms with van der Waals surface area (Å²) in [5.41, 5.74) is 0.0205. The van der Waals surface area contributed by atoms with E-state index in [-0.39, 0.29) is 5.54 Å². The molecule has 0 saturated heterocycles. The minimum absolute atomic E-state index is 0.0205. The van der Waals surface area contributed by atoms with Crippen LogP contribution in [0.5, 0.6) is 0 Å². The van der Waals surface area contributed by atoms with Crippen molar-refractivity contribution in [1.29, 1.82) is 0 Å². The molecule has 0 spiro atoms. The predicted octanol–water partition coefficient (Wildman–Crippen LogP) is 1.14. The Balaban J connectivity index is 2.30. The van der Waals surface area contributed by atoms with Crippen molar-refractivity contribution in [1.82, 2.24) is 15.0 Å². The van der Waals surface area contributed by atoms with E-state index in [1.165, 1.54) is 12.7 Å². The zero-order valence-corrected chi connectivity index (χ0v) is 8.38. The van der Waals surface area contributed by atoms with Crippen LogP contribution < -0.4 is 0 Å². The largest absolute Gasteiger partial charge is 0.268 e. The van der Waals surface area contributed by atoms with E-state index in [2.05, 4.69) is 33.8 Å². The van der Waals surface area contributed by atoms with Crippen LogP contribution in [0.4, 0.5) is 0 Å². The van der Waals surface area contributed by atoms with E-state index in [9.17, 15) is 0 Å². The van der Waals surface area contributed by atoms with Crippen LogP contribution in [0.3, 0.4) is 0 Å². The molecule has 0 radical (unpaired) electrons. The smallest absolute Gasteiger partial charge is 0.187 e. The van der Waals surface area contributed by atoms with Gasteiger partial charge in [0.2, 0.25) is 0 Å². The van der Waals surface area contributed by atoms with Gasteiger partial charge >= 0.3 is 0 Å². The molecule has 0 aliphatic carbocycles. The van der Waals surface area contributed by atoms with Crippen molar-refractivity contribution in [2.45, 2.75) is 19.4 Å². The Morgan fingerprint density at radius 2 is 2.00 bits per heavy atom. The fourth-order valence-corrected chi connectivity index (χ4v) is 2.15. The first-order valence-corrected chi connectivity index (χ1v) is 5.01. The molecule has 0 saturated carbocycles. The minimum Gasteiger partial charge on any atom is -0.268 e. The summed E-state index contributed by atoms with van der Waals surface area (Å²) < 4.78 is 0. The van der Waals surface area contributed by atoms with Crippen LogP contribution in [-0.4, -0.2) is 31.3 Å². The van der Waals surface area contributed by atoms with Crippen molar-refractivity contribution in [2.75, 3.05) is 5.75 Å². The van der Waals surface area contributed by atoms with Crippen LogP contribution in [0.25, 0.3) is 0 Å². The van der Waals surface area contributed by atoms with E-state index in [1.54, 1.807) is 11.8 Å². The SMILES string of the molecule is CC1(C)CSC(c2ncncn2)=N1. The van der Waals surface area contributed by atoms with E-state index in [4.69, 9.17) is 0 Å². The van der Waals surface area contributed by atoms with Gasteiger partial charge in [-0.05, 0) is 13.8 Å². The van der Waals surface area contributed by atoms with Gasteiger partial charge in [0.25, 0.3) is 0 Å². The van der Waals surface area contributed by atoms with Gasteiger partial charge in [0.05, 0.1) is 5.54 Å². The maximum Gasteiger partial charge on any atom is 0.187 e. The molecular weight excluding hydrogens is 184 g/mol. The molecule has 0 unspecified atom stereocenters. The van der Waals surface area contributed by atoms with Gasteiger partial charge in [0.15, 0.2) is 5.82 Å². The van der Waals surface area contributed by atoms with E-state index < -0.39 is 0 Å². The molecule has 2 rings (SSSR count). The first-order valence-electron chi connectivity index (χ1n) is 4.02. The van der Waals surface area contributed by atoms with E-state index >= 15 is 0 Å². The molecule has 0 N–H and O–H groups in total. The van der Waals surface area contributed by atoms with Crippen LogP contribution in [0, 0.1) is 0 Å². The molecule has 68 valence electrons. The lowest BCUT2D eigenvalue weighted by molar-refractivity contribution is 0.605. The highest BCUT2D eigenvalue weighted by Crippen LogP contribution is 2.28. The van der Waals surface area contributed by atoms with Crippen molar-refractivity contribution < 1.29 is 0 Å². The molecule has 0 aromatic carbocycles. The summed E-state index contributed by atoms with van der Waals surface area (Å²) in [4.78, 5) is 16.4. The van der Waals surface area contributed by atoms with Crippen LogP contribution in [0.2, 0.25) is 0 Å². The monoisotopic (exact) mass is 194 g/mol. The van der Waals surface area contributed by atoms with Gasteiger partial charge in [0.1, 0.15) is 17.7 Å². The second kappa shape index (κ2) is 3.06. The third-order valence-corrected chi connectivity index (χ3v) is 3.05. The molecule has 0 fully saturated rings. The Hall–Kier alpha value is -0.970. The van der Waals surface area contributed by atoms with Gasteiger partial charge in [-0.3, -0.25) is 4.99 Å². The van der Waals surface area contributed by atoms with E-state index in [1.807, 2.05) is 0 Å². The zero-order valence-electron chi connectivity index (χ0n) is 7.56. The fourth-order valence-electron chi connectivity index (χ4n) is 1.05. The molecule has 4 nitrogen and oxygen atoms in total. The Morgan fingerprint density at radius 1 is 1.31 bits per heavy atom. The maximum atomic E-state index is 4.52. The molecule has 2 heterocycles. The maximum absolute atomic E-state index is 4.52. The topological polar surface area (TPSA) is 51.0 Å². The van der Waals surface area contributed by atoms with Gasteiger partial charge in [-0.1, -0.05) is 0 Å². The van der Waals surface area contributed by atoms with Crippen molar-refractivity contribution in [2.24, 2.45) is 4.99 Å². The third kappa shape index (κ3) is 1.85. The van der Waals surface area contributed by atoms with Gasteiger partial charge < -0.3 is 0 Å². The van der Waals surface area contributed by atoms with E-state index in [0.29, 0.717) is 5.82 Å². The second-order valence-electron chi connectivity index (χ2n) is 3.48. The van der Waals surface area contributed by atoms with Crippen LogP contribution in [-0.2, 0) is 0 Å². The van der Waals surface area contributed by atoms with Crippen molar-refractivity contribution in [3.8, 4) is 0 Å². The van der Waals surface area contributed by atoms with Crippen molar-refractivity contribution in [3.05, 3.63) is 18.5 Å². The highest BCUT2D eigenvalue weighted by Gasteiger charge is 2.27. The molecule has 13 heavy (non-hydrogen) atoms. The Labute approximate surface area is 80.9 Å². The van der Waals surface area contributed by atoms with Gasteiger partial charge in [-0.15, -0.1) is 11.8 Å². The molecule has 1 aromatic heterocycles. The lowest BCUT2D eigenvalue weighted by atomic mass is 10.1. The van der Waals surface area contributed by atoms with Gasteiger partial charge in [-0.2, -0.15) is 0 Å².